The van der Waals surface area contributed by atoms with Gasteiger partial charge in [-0.3, -0.25) is 4.79 Å². The molecule has 0 aliphatic heterocycles. The minimum Gasteiger partial charge on any atom is -0.295 e. The zero-order valence-electron chi connectivity index (χ0n) is 9.31. The van der Waals surface area contributed by atoms with E-state index >= 15 is 0 Å². The smallest absolute Gasteiger partial charge is 0.159 e. The Bertz CT molecular complexity index is 517. The van der Waals surface area contributed by atoms with Crippen LogP contribution in [0.1, 0.15) is 17.3 Å². The van der Waals surface area contributed by atoms with Crippen LogP contribution < -0.4 is 0 Å². The summed E-state index contributed by atoms with van der Waals surface area (Å²) in [6.45, 7) is 1.57. The SMILES string of the molecule is CC(=O)c1ccc(Sc2ccc(Cl)cc2)cc1. The highest BCUT2D eigenvalue weighted by Gasteiger charge is 2.00. The molecule has 2 aromatic carbocycles. The topological polar surface area (TPSA) is 17.1 Å². The average molecular weight is 263 g/mol. The van der Waals surface area contributed by atoms with E-state index in [1.165, 1.54) is 0 Å². The van der Waals surface area contributed by atoms with Gasteiger partial charge in [0.25, 0.3) is 0 Å². The van der Waals surface area contributed by atoms with Gasteiger partial charge in [0, 0.05) is 20.4 Å². The number of halogens is 1. The molecule has 0 saturated carbocycles. The van der Waals surface area contributed by atoms with Crippen LogP contribution in [0.2, 0.25) is 5.02 Å². The lowest BCUT2D eigenvalue weighted by Crippen LogP contribution is -1.90. The van der Waals surface area contributed by atoms with Gasteiger partial charge in [0.2, 0.25) is 0 Å². The lowest BCUT2D eigenvalue weighted by Gasteiger charge is -2.02. The highest BCUT2D eigenvalue weighted by Crippen LogP contribution is 2.28. The van der Waals surface area contributed by atoms with Crippen molar-refractivity contribution in [2.75, 3.05) is 0 Å². The van der Waals surface area contributed by atoms with Gasteiger partial charge in [0.15, 0.2) is 5.78 Å². The molecule has 1 nitrogen and oxygen atoms in total. The Morgan fingerprint density at radius 3 is 1.88 bits per heavy atom. The number of Topliss-reactive ketones (excluding diaryl/α,β-unsaturated/α-hetero) is 1. The summed E-state index contributed by atoms with van der Waals surface area (Å²) in [7, 11) is 0. The summed E-state index contributed by atoms with van der Waals surface area (Å²) in [5, 5.41) is 0.737. The lowest BCUT2D eigenvalue weighted by molar-refractivity contribution is 0.101. The van der Waals surface area contributed by atoms with E-state index < -0.39 is 0 Å². The third-order valence-electron chi connectivity index (χ3n) is 2.31. The Hall–Kier alpha value is -1.25. The first-order valence-electron chi connectivity index (χ1n) is 5.19. The fourth-order valence-electron chi connectivity index (χ4n) is 1.40. The maximum Gasteiger partial charge on any atom is 0.159 e. The summed E-state index contributed by atoms with van der Waals surface area (Å²) in [5.74, 6) is 0.0908. The highest BCUT2D eigenvalue weighted by atomic mass is 35.5. The fourth-order valence-corrected chi connectivity index (χ4v) is 2.34. The van der Waals surface area contributed by atoms with Crippen LogP contribution in [-0.4, -0.2) is 5.78 Å². The first-order chi connectivity index (χ1) is 8.15. The molecule has 0 aliphatic rings. The zero-order valence-corrected chi connectivity index (χ0v) is 10.9. The molecule has 0 radical (unpaired) electrons. The van der Waals surface area contributed by atoms with E-state index in [0.29, 0.717) is 0 Å². The van der Waals surface area contributed by atoms with Crippen LogP contribution in [0.3, 0.4) is 0 Å². The van der Waals surface area contributed by atoms with E-state index in [-0.39, 0.29) is 5.78 Å². The second-order valence-corrected chi connectivity index (χ2v) is 5.22. The molecule has 86 valence electrons. The highest BCUT2D eigenvalue weighted by molar-refractivity contribution is 7.99. The van der Waals surface area contributed by atoms with Gasteiger partial charge < -0.3 is 0 Å². The molecular weight excluding hydrogens is 252 g/mol. The van der Waals surface area contributed by atoms with Crippen molar-refractivity contribution in [3.8, 4) is 0 Å². The van der Waals surface area contributed by atoms with E-state index in [0.717, 1.165) is 20.4 Å². The summed E-state index contributed by atoms with van der Waals surface area (Å²) in [5.41, 5.74) is 0.741. The van der Waals surface area contributed by atoms with Crippen LogP contribution in [0.5, 0.6) is 0 Å². The molecule has 0 heterocycles. The Morgan fingerprint density at radius 2 is 1.41 bits per heavy atom. The molecule has 0 spiro atoms. The van der Waals surface area contributed by atoms with Crippen molar-refractivity contribution in [1.29, 1.82) is 0 Å². The Kier molecular flexibility index (Phi) is 3.87. The molecular formula is C14H11ClOS. The van der Waals surface area contributed by atoms with Gasteiger partial charge in [-0.2, -0.15) is 0 Å². The van der Waals surface area contributed by atoms with E-state index in [1.54, 1.807) is 18.7 Å². The first-order valence-corrected chi connectivity index (χ1v) is 6.39. The molecule has 0 bridgehead atoms. The molecule has 3 heteroatoms. The van der Waals surface area contributed by atoms with Crippen LogP contribution in [-0.2, 0) is 0 Å². The molecule has 0 saturated heterocycles. The summed E-state index contributed by atoms with van der Waals surface area (Å²) in [4.78, 5) is 13.4. The molecule has 2 rings (SSSR count). The summed E-state index contributed by atoms with van der Waals surface area (Å²) in [6, 6.07) is 15.3. The van der Waals surface area contributed by atoms with E-state index in [2.05, 4.69) is 0 Å². The summed E-state index contributed by atoms with van der Waals surface area (Å²) in [6.07, 6.45) is 0. The minimum atomic E-state index is 0.0908. The molecule has 17 heavy (non-hydrogen) atoms. The molecule has 0 aromatic heterocycles. The van der Waals surface area contributed by atoms with E-state index in [1.807, 2.05) is 48.5 Å². The number of hydrogen-bond donors (Lipinski definition) is 0. The molecule has 0 aliphatic carbocycles. The summed E-state index contributed by atoms with van der Waals surface area (Å²) < 4.78 is 0. The van der Waals surface area contributed by atoms with Crippen LogP contribution in [0, 0.1) is 0 Å². The molecule has 2 aromatic rings. The molecule has 0 fully saturated rings. The molecule has 0 amide bonds. The zero-order chi connectivity index (χ0) is 12.3. The Labute approximate surface area is 110 Å². The minimum absolute atomic E-state index is 0.0908. The van der Waals surface area contributed by atoms with Crippen molar-refractivity contribution in [2.45, 2.75) is 16.7 Å². The standard InChI is InChI=1S/C14H11ClOS/c1-10(16)11-2-6-13(7-3-11)17-14-8-4-12(15)5-9-14/h2-9H,1H3. The maximum atomic E-state index is 11.1. The van der Waals surface area contributed by atoms with E-state index in [9.17, 15) is 4.79 Å². The van der Waals surface area contributed by atoms with E-state index in [4.69, 9.17) is 11.6 Å². The van der Waals surface area contributed by atoms with Crippen LogP contribution in [0.15, 0.2) is 58.3 Å². The lowest BCUT2D eigenvalue weighted by atomic mass is 10.2. The third-order valence-corrected chi connectivity index (χ3v) is 3.58. The first kappa shape index (κ1) is 12.2. The second-order valence-electron chi connectivity index (χ2n) is 3.64. The van der Waals surface area contributed by atoms with Gasteiger partial charge >= 0.3 is 0 Å². The Morgan fingerprint density at radius 1 is 0.941 bits per heavy atom. The molecule has 0 N–H and O–H groups in total. The van der Waals surface area contributed by atoms with Crippen molar-refractivity contribution in [3.63, 3.8) is 0 Å². The number of hydrogen-bond acceptors (Lipinski definition) is 2. The molecule has 0 atom stereocenters. The maximum absolute atomic E-state index is 11.1. The van der Waals surface area contributed by atoms with Crippen LogP contribution in [0.25, 0.3) is 0 Å². The fraction of sp³-hybridized carbons (Fsp3) is 0.0714. The number of benzene rings is 2. The second kappa shape index (κ2) is 5.39. The number of rotatable bonds is 3. The average Bonchev–Trinajstić information content (AvgIpc) is 2.33. The van der Waals surface area contributed by atoms with Crippen LogP contribution in [0.4, 0.5) is 0 Å². The van der Waals surface area contributed by atoms with Gasteiger partial charge in [-0.25, -0.2) is 0 Å². The predicted molar refractivity (Wildman–Crippen MR) is 72.0 cm³/mol. The quantitative estimate of drug-likeness (QED) is 0.746. The van der Waals surface area contributed by atoms with Crippen LogP contribution >= 0.6 is 23.4 Å². The van der Waals surface area contributed by atoms with Gasteiger partial charge in [-0.1, -0.05) is 35.5 Å². The van der Waals surface area contributed by atoms with Gasteiger partial charge in [-0.15, -0.1) is 0 Å². The normalized spacial score (nSPS) is 10.2. The largest absolute Gasteiger partial charge is 0.295 e. The number of carbonyl (C=O) groups is 1. The van der Waals surface area contributed by atoms with Gasteiger partial charge in [-0.05, 0) is 43.3 Å². The van der Waals surface area contributed by atoms with Crippen molar-refractivity contribution in [2.24, 2.45) is 0 Å². The van der Waals surface area contributed by atoms with Crippen molar-refractivity contribution in [1.82, 2.24) is 0 Å². The van der Waals surface area contributed by atoms with Crippen molar-refractivity contribution >= 4 is 29.1 Å². The van der Waals surface area contributed by atoms with Crippen molar-refractivity contribution < 1.29 is 4.79 Å². The number of carbonyl (C=O) groups excluding carboxylic acids is 1. The van der Waals surface area contributed by atoms with Gasteiger partial charge in [0.05, 0.1) is 0 Å². The monoisotopic (exact) mass is 262 g/mol. The number of ketones is 1. The molecule has 0 unspecified atom stereocenters. The van der Waals surface area contributed by atoms with Gasteiger partial charge in [0.1, 0.15) is 0 Å². The summed E-state index contributed by atoms with van der Waals surface area (Å²) >= 11 is 7.47. The predicted octanol–water partition coefficient (Wildman–Crippen LogP) is 4.69. The Balaban J connectivity index is 2.13. The third kappa shape index (κ3) is 3.35. The van der Waals surface area contributed by atoms with Crippen molar-refractivity contribution in [3.05, 3.63) is 59.1 Å².